The molecule has 0 spiro atoms. The summed E-state index contributed by atoms with van der Waals surface area (Å²) in [7, 11) is -4.18. The van der Waals surface area contributed by atoms with Crippen molar-refractivity contribution in [3.8, 4) is 5.75 Å². The molecule has 0 aromatic heterocycles. The lowest BCUT2D eigenvalue weighted by molar-refractivity contribution is -0.140. The zero-order valence-electron chi connectivity index (χ0n) is 26.1. The van der Waals surface area contributed by atoms with Gasteiger partial charge in [0.15, 0.2) is 0 Å². The van der Waals surface area contributed by atoms with Crippen molar-refractivity contribution < 1.29 is 22.7 Å². The van der Waals surface area contributed by atoms with Gasteiger partial charge >= 0.3 is 0 Å². The van der Waals surface area contributed by atoms with E-state index in [1.165, 1.54) is 17.0 Å². The van der Waals surface area contributed by atoms with Crippen LogP contribution in [-0.4, -0.2) is 50.4 Å². The molecular formula is C37H41N3O5S. The van der Waals surface area contributed by atoms with Gasteiger partial charge in [-0.25, -0.2) is 8.42 Å². The number of para-hydroxylation sites is 1. The standard InChI is InChI=1S/C37H41N3O5S/c1-2-45-33-22-24-34(25-23-33)46(43,44)40(32-20-10-5-11-21-32)28-36(41)39(27-30-16-8-4-9-17-30)35(26-29-14-6-3-7-15-29)37(42)38-31-18-12-13-19-31/h3-11,14-17,20-25,31,35H,2,12-13,18-19,26-28H2,1H3,(H,38,42). The fourth-order valence-electron chi connectivity index (χ4n) is 5.83. The number of anilines is 1. The Labute approximate surface area is 272 Å². The minimum absolute atomic E-state index is 0.0297. The minimum atomic E-state index is -4.18. The molecule has 4 aromatic carbocycles. The van der Waals surface area contributed by atoms with Crippen LogP contribution in [0.1, 0.15) is 43.7 Å². The van der Waals surface area contributed by atoms with Gasteiger partial charge in [0.2, 0.25) is 11.8 Å². The van der Waals surface area contributed by atoms with E-state index in [0.717, 1.165) is 41.1 Å². The van der Waals surface area contributed by atoms with Gasteiger partial charge in [0.25, 0.3) is 10.0 Å². The van der Waals surface area contributed by atoms with E-state index < -0.39 is 28.5 Å². The molecule has 1 saturated carbocycles. The van der Waals surface area contributed by atoms with Gasteiger partial charge in [-0.2, -0.15) is 0 Å². The maximum atomic E-state index is 14.5. The minimum Gasteiger partial charge on any atom is -0.494 e. The molecule has 5 rings (SSSR count). The molecule has 1 aliphatic rings. The van der Waals surface area contributed by atoms with E-state index in [4.69, 9.17) is 4.74 Å². The average Bonchev–Trinajstić information content (AvgIpc) is 3.60. The number of carbonyl (C=O) groups excluding carboxylic acids is 2. The number of carbonyl (C=O) groups is 2. The number of rotatable bonds is 14. The first-order valence-corrected chi connectivity index (χ1v) is 17.3. The molecule has 9 heteroatoms. The van der Waals surface area contributed by atoms with Gasteiger partial charge in [0.05, 0.1) is 17.2 Å². The van der Waals surface area contributed by atoms with Crippen molar-refractivity contribution in [1.82, 2.24) is 10.2 Å². The second kappa shape index (κ2) is 15.6. The summed E-state index contributed by atoms with van der Waals surface area (Å²) < 4.78 is 35.0. The highest BCUT2D eigenvalue weighted by molar-refractivity contribution is 7.92. The smallest absolute Gasteiger partial charge is 0.264 e. The van der Waals surface area contributed by atoms with E-state index in [0.29, 0.717) is 18.0 Å². The first-order chi connectivity index (χ1) is 22.3. The van der Waals surface area contributed by atoms with Crippen LogP contribution >= 0.6 is 0 Å². The summed E-state index contributed by atoms with van der Waals surface area (Å²) in [5, 5.41) is 3.20. The number of nitrogens with zero attached hydrogens (tertiary/aromatic N) is 2. The molecule has 0 bridgehead atoms. The summed E-state index contributed by atoms with van der Waals surface area (Å²) in [5.41, 5.74) is 2.09. The molecule has 1 atom stereocenters. The third kappa shape index (κ3) is 8.34. The van der Waals surface area contributed by atoms with Crippen molar-refractivity contribution in [3.05, 3.63) is 126 Å². The van der Waals surface area contributed by atoms with Crippen LogP contribution in [0.2, 0.25) is 0 Å². The first kappa shape index (κ1) is 32.8. The lowest BCUT2D eigenvalue weighted by Crippen LogP contribution is -2.54. The van der Waals surface area contributed by atoms with Crippen molar-refractivity contribution >= 4 is 27.5 Å². The fraction of sp³-hybridized carbons (Fsp3) is 0.297. The van der Waals surface area contributed by atoms with E-state index >= 15 is 0 Å². The fourth-order valence-corrected chi connectivity index (χ4v) is 7.24. The van der Waals surface area contributed by atoms with Crippen molar-refractivity contribution in [3.63, 3.8) is 0 Å². The Balaban J connectivity index is 1.52. The highest BCUT2D eigenvalue weighted by Crippen LogP contribution is 2.27. The maximum Gasteiger partial charge on any atom is 0.264 e. The summed E-state index contributed by atoms with van der Waals surface area (Å²) in [6.07, 6.45) is 4.19. The molecule has 0 heterocycles. The van der Waals surface area contributed by atoms with Crippen LogP contribution in [0.15, 0.2) is 120 Å². The zero-order chi connectivity index (χ0) is 32.4. The molecule has 1 aliphatic carbocycles. The number of sulfonamides is 1. The van der Waals surface area contributed by atoms with Crippen LogP contribution in [0.4, 0.5) is 5.69 Å². The van der Waals surface area contributed by atoms with Crippen LogP contribution in [0, 0.1) is 0 Å². The Morgan fingerprint density at radius 1 is 0.804 bits per heavy atom. The average molecular weight is 640 g/mol. The molecule has 8 nitrogen and oxygen atoms in total. The molecular weight excluding hydrogens is 598 g/mol. The molecule has 2 amide bonds. The van der Waals surface area contributed by atoms with E-state index in [1.54, 1.807) is 42.5 Å². The largest absolute Gasteiger partial charge is 0.494 e. The summed E-state index contributed by atoms with van der Waals surface area (Å²) in [5.74, 6) is -0.166. The number of benzene rings is 4. The Hall–Kier alpha value is -4.63. The molecule has 1 unspecified atom stereocenters. The van der Waals surface area contributed by atoms with Crippen molar-refractivity contribution in [2.75, 3.05) is 17.5 Å². The SMILES string of the molecule is CCOc1ccc(S(=O)(=O)N(CC(=O)N(Cc2ccccc2)C(Cc2ccccc2)C(=O)NC2CCCC2)c2ccccc2)cc1. The molecule has 0 aliphatic heterocycles. The predicted molar refractivity (Wildman–Crippen MR) is 180 cm³/mol. The number of hydrogen-bond acceptors (Lipinski definition) is 5. The second-order valence-electron chi connectivity index (χ2n) is 11.5. The van der Waals surface area contributed by atoms with E-state index in [1.807, 2.05) is 67.6 Å². The Morgan fingerprint density at radius 3 is 1.96 bits per heavy atom. The number of amides is 2. The summed E-state index contributed by atoms with van der Waals surface area (Å²) in [6, 6.07) is 33.0. The van der Waals surface area contributed by atoms with E-state index in [9.17, 15) is 18.0 Å². The van der Waals surface area contributed by atoms with Crippen LogP contribution < -0.4 is 14.4 Å². The third-order valence-electron chi connectivity index (χ3n) is 8.21. The molecule has 46 heavy (non-hydrogen) atoms. The van der Waals surface area contributed by atoms with Crippen LogP contribution in [0.5, 0.6) is 5.75 Å². The maximum absolute atomic E-state index is 14.5. The molecule has 240 valence electrons. The Bertz CT molecular complexity index is 1660. The van der Waals surface area contributed by atoms with Crippen molar-refractivity contribution in [2.24, 2.45) is 0 Å². The van der Waals surface area contributed by atoms with E-state index in [2.05, 4.69) is 5.32 Å². The van der Waals surface area contributed by atoms with Gasteiger partial charge in [-0.15, -0.1) is 0 Å². The van der Waals surface area contributed by atoms with Gasteiger partial charge in [0, 0.05) is 19.0 Å². The lowest BCUT2D eigenvalue weighted by Gasteiger charge is -2.34. The summed E-state index contributed by atoms with van der Waals surface area (Å²) in [4.78, 5) is 30.2. The van der Waals surface area contributed by atoms with Crippen molar-refractivity contribution in [2.45, 2.75) is 62.6 Å². The topological polar surface area (TPSA) is 96.0 Å². The first-order valence-electron chi connectivity index (χ1n) is 15.8. The van der Waals surface area contributed by atoms with Gasteiger partial charge in [0.1, 0.15) is 18.3 Å². The molecule has 0 radical (unpaired) electrons. The van der Waals surface area contributed by atoms with E-state index in [-0.39, 0.29) is 29.8 Å². The van der Waals surface area contributed by atoms with Gasteiger partial charge < -0.3 is 15.0 Å². The number of ether oxygens (including phenoxy) is 1. The lowest BCUT2D eigenvalue weighted by atomic mass is 10.0. The molecule has 1 N–H and O–H groups in total. The number of nitrogens with one attached hydrogen (secondary N) is 1. The highest BCUT2D eigenvalue weighted by Gasteiger charge is 2.35. The monoisotopic (exact) mass is 639 g/mol. The van der Waals surface area contributed by atoms with Gasteiger partial charge in [-0.1, -0.05) is 91.7 Å². The Morgan fingerprint density at radius 2 is 1.37 bits per heavy atom. The second-order valence-corrected chi connectivity index (χ2v) is 13.3. The van der Waals surface area contributed by atoms with Gasteiger partial charge in [-0.3, -0.25) is 13.9 Å². The predicted octanol–water partition coefficient (Wildman–Crippen LogP) is 5.98. The van der Waals surface area contributed by atoms with Crippen LogP contribution in [-0.2, 0) is 32.6 Å². The zero-order valence-corrected chi connectivity index (χ0v) is 26.9. The van der Waals surface area contributed by atoms with Crippen molar-refractivity contribution in [1.29, 1.82) is 0 Å². The normalized spacial score (nSPS) is 13.9. The van der Waals surface area contributed by atoms with Gasteiger partial charge in [-0.05, 0) is 67.3 Å². The number of hydrogen-bond donors (Lipinski definition) is 1. The van der Waals surface area contributed by atoms with Crippen LogP contribution in [0.25, 0.3) is 0 Å². The molecule has 4 aromatic rings. The Kier molecular flexibility index (Phi) is 11.1. The molecule has 1 fully saturated rings. The third-order valence-corrected chi connectivity index (χ3v) is 10.0. The quantitative estimate of drug-likeness (QED) is 0.183. The summed E-state index contributed by atoms with van der Waals surface area (Å²) >= 11 is 0. The highest BCUT2D eigenvalue weighted by atomic mass is 32.2. The van der Waals surface area contributed by atoms with Crippen LogP contribution in [0.3, 0.4) is 0 Å². The molecule has 0 saturated heterocycles. The summed E-state index contributed by atoms with van der Waals surface area (Å²) in [6.45, 7) is 1.95.